The lowest BCUT2D eigenvalue weighted by atomic mass is 10.1. The summed E-state index contributed by atoms with van der Waals surface area (Å²) in [5, 5.41) is 9.24. The average Bonchev–Trinajstić information content (AvgIpc) is 3.08. The van der Waals surface area contributed by atoms with Gasteiger partial charge in [0, 0.05) is 12.2 Å². The molecule has 2 aromatic rings. The van der Waals surface area contributed by atoms with Crippen molar-refractivity contribution in [2.75, 3.05) is 24.7 Å². The Labute approximate surface area is 140 Å². The van der Waals surface area contributed by atoms with Gasteiger partial charge in [-0.15, -0.1) is 0 Å². The van der Waals surface area contributed by atoms with E-state index < -0.39 is 0 Å². The van der Waals surface area contributed by atoms with E-state index >= 15 is 0 Å². The Bertz CT molecular complexity index is 749. The predicted molar refractivity (Wildman–Crippen MR) is 89.6 cm³/mol. The van der Waals surface area contributed by atoms with Crippen LogP contribution in [0, 0.1) is 11.3 Å². The molecule has 1 fully saturated rings. The number of nitrogens with zero attached hydrogens (tertiary/aromatic N) is 3. The first kappa shape index (κ1) is 16.2. The predicted octanol–water partition coefficient (Wildman–Crippen LogP) is 1.88. The molecule has 3 rings (SSSR count). The van der Waals surface area contributed by atoms with E-state index in [-0.39, 0.29) is 23.4 Å². The van der Waals surface area contributed by atoms with E-state index in [2.05, 4.69) is 9.97 Å². The highest BCUT2D eigenvalue weighted by Crippen LogP contribution is 2.25. The normalized spacial score (nSPS) is 16.9. The van der Waals surface area contributed by atoms with E-state index in [0.717, 1.165) is 30.6 Å². The maximum absolute atomic E-state index is 9.24. The summed E-state index contributed by atoms with van der Waals surface area (Å²) < 4.78 is 11.2. The number of benzene rings is 1. The van der Waals surface area contributed by atoms with Crippen LogP contribution in [0.25, 0.3) is 11.3 Å². The third-order valence-corrected chi connectivity index (χ3v) is 3.89. The average molecular weight is 325 g/mol. The first-order valence-corrected chi connectivity index (χ1v) is 7.79. The number of hydrogen-bond acceptors (Lipinski definition) is 7. The van der Waals surface area contributed by atoms with Gasteiger partial charge in [0.05, 0.1) is 25.0 Å². The first-order chi connectivity index (χ1) is 11.7. The Hall–Kier alpha value is -2.69. The Kier molecular flexibility index (Phi) is 4.89. The molecular weight excluding hydrogens is 306 g/mol. The zero-order valence-corrected chi connectivity index (χ0v) is 13.2. The fourth-order valence-corrected chi connectivity index (χ4v) is 2.66. The molecule has 124 valence electrons. The second-order valence-electron chi connectivity index (χ2n) is 5.65. The van der Waals surface area contributed by atoms with Gasteiger partial charge < -0.3 is 20.9 Å². The van der Waals surface area contributed by atoms with E-state index in [1.54, 1.807) is 0 Å². The second-order valence-corrected chi connectivity index (χ2v) is 5.65. The second kappa shape index (κ2) is 7.25. The van der Waals surface area contributed by atoms with Crippen molar-refractivity contribution in [1.29, 1.82) is 5.26 Å². The molecule has 1 saturated heterocycles. The molecule has 24 heavy (non-hydrogen) atoms. The molecule has 0 radical (unpaired) electrons. The lowest BCUT2D eigenvalue weighted by Crippen LogP contribution is -2.13. The summed E-state index contributed by atoms with van der Waals surface area (Å²) in [6, 6.07) is 9.62. The van der Waals surface area contributed by atoms with Crippen LogP contribution < -0.4 is 11.5 Å². The third kappa shape index (κ3) is 3.62. The Balaban J connectivity index is 1.69. The van der Waals surface area contributed by atoms with Crippen molar-refractivity contribution in [3.63, 3.8) is 0 Å². The fourth-order valence-electron chi connectivity index (χ4n) is 2.66. The van der Waals surface area contributed by atoms with Crippen molar-refractivity contribution in [3.8, 4) is 17.3 Å². The molecule has 2 heterocycles. The number of ether oxygens (including phenoxy) is 2. The molecule has 0 spiro atoms. The quantitative estimate of drug-likeness (QED) is 0.861. The molecule has 0 saturated carbocycles. The molecule has 0 amide bonds. The highest BCUT2D eigenvalue weighted by atomic mass is 16.5. The van der Waals surface area contributed by atoms with Crippen LogP contribution in [0.3, 0.4) is 0 Å². The largest absolute Gasteiger partial charge is 0.382 e. The summed E-state index contributed by atoms with van der Waals surface area (Å²) in [5.74, 6) is 0.134. The molecule has 1 unspecified atom stereocenters. The van der Waals surface area contributed by atoms with Crippen LogP contribution in [0.1, 0.15) is 24.0 Å². The van der Waals surface area contributed by atoms with Gasteiger partial charge in [0.15, 0.2) is 0 Å². The SMILES string of the molecule is N#Cc1c(N)nc(N)nc1-c1ccc(COCC2CCCO2)cc1. The van der Waals surface area contributed by atoms with Gasteiger partial charge >= 0.3 is 0 Å². The van der Waals surface area contributed by atoms with E-state index in [0.29, 0.717) is 18.9 Å². The Morgan fingerprint density at radius 1 is 1.25 bits per heavy atom. The topological polar surface area (TPSA) is 120 Å². The lowest BCUT2D eigenvalue weighted by molar-refractivity contribution is 0.0106. The zero-order chi connectivity index (χ0) is 16.9. The van der Waals surface area contributed by atoms with E-state index in [9.17, 15) is 5.26 Å². The van der Waals surface area contributed by atoms with Crippen molar-refractivity contribution in [3.05, 3.63) is 35.4 Å². The highest BCUT2D eigenvalue weighted by molar-refractivity contribution is 5.73. The summed E-state index contributed by atoms with van der Waals surface area (Å²) in [6.45, 7) is 1.95. The number of anilines is 2. The number of hydrogen-bond donors (Lipinski definition) is 2. The lowest BCUT2D eigenvalue weighted by Gasteiger charge is -2.11. The zero-order valence-electron chi connectivity index (χ0n) is 13.2. The van der Waals surface area contributed by atoms with Crippen molar-refractivity contribution in [2.45, 2.75) is 25.6 Å². The van der Waals surface area contributed by atoms with E-state index in [4.69, 9.17) is 20.9 Å². The first-order valence-electron chi connectivity index (χ1n) is 7.79. The van der Waals surface area contributed by atoms with Crippen LogP contribution in [-0.4, -0.2) is 29.3 Å². The number of nitrogens with two attached hydrogens (primary N) is 2. The van der Waals surface area contributed by atoms with E-state index in [1.165, 1.54) is 0 Å². The van der Waals surface area contributed by atoms with Gasteiger partial charge in [-0.1, -0.05) is 24.3 Å². The summed E-state index contributed by atoms with van der Waals surface area (Å²) in [4.78, 5) is 7.95. The highest BCUT2D eigenvalue weighted by Gasteiger charge is 2.15. The van der Waals surface area contributed by atoms with Crippen molar-refractivity contribution in [2.24, 2.45) is 0 Å². The molecule has 1 aromatic heterocycles. The number of aromatic nitrogens is 2. The van der Waals surface area contributed by atoms with Gasteiger partial charge in [-0.3, -0.25) is 0 Å². The maximum Gasteiger partial charge on any atom is 0.222 e. The van der Waals surface area contributed by atoms with Crippen LogP contribution in [0.5, 0.6) is 0 Å². The maximum atomic E-state index is 9.24. The molecule has 1 aromatic carbocycles. The summed E-state index contributed by atoms with van der Waals surface area (Å²) >= 11 is 0. The summed E-state index contributed by atoms with van der Waals surface area (Å²) in [5.41, 5.74) is 13.8. The number of nitrogen functional groups attached to an aromatic ring is 2. The smallest absolute Gasteiger partial charge is 0.222 e. The minimum absolute atomic E-state index is 0.0467. The van der Waals surface area contributed by atoms with Crippen LogP contribution in [-0.2, 0) is 16.1 Å². The molecule has 1 atom stereocenters. The molecular formula is C17H19N5O2. The van der Waals surface area contributed by atoms with Gasteiger partial charge in [0.25, 0.3) is 0 Å². The standard InChI is InChI=1S/C17H19N5O2/c18-8-14-15(21-17(20)22-16(14)19)12-5-3-11(4-6-12)9-23-10-13-2-1-7-24-13/h3-6,13H,1-2,7,9-10H2,(H4,19,20,21,22). The summed E-state index contributed by atoms with van der Waals surface area (Å²) in [7, 11) is 0. The molecule has 4 N–H and O–H groups in total. The Morgan fingerprint density at radius 2 is 2.04 bits per heavy atom. The van der Waals surface area contributed by atoms with Gasteiger partial charge in [-0.2, -0.15) is 10.2 Å². The van der Waals surface area contributed by atoms with Crippen LogP contribution in [0.2, 0.25) is 0 Å². The van der Waals surface area contributed by atoms with Gasteiger partial charge in [-0.25, -0.2) is 4.98 Å². The number of rotatable bonds is 5. The molecule has 7 heteroatoms. The fraction of sp³-hybridized carbons (Fsp3) is 0.353. The van der Waals surface area contributed by atoms with E-state index in [1.807, 2.05) is 30.3 Å². The molecule has 1 aliphatic rings. The monoisotopic (exact) mass is 325 g/mol. The molecule has 0 aliphatic carbocycles. The van der Waals surface area contributed by atoms with Crippen LogP contribution in [0.4, 0.5) is 11.8 Å². The van der Waals surface area contributed by atoms with Crippen molar-refractivity contribution >= 4 is 11.8 Å². The van der Waals surface area contributed by atoms with Crippen molar-refractivity contribution in [1.82, 2.24) is 9.97 Å². The number of nitriles is 1. The minimum atomic E-state index is 0.0467. The van der Waals surface area contributed by atoms with Gasteiger partial charge in [-0.05, 0) is 18.4 Å². The minimum Gasteiger partial charge on any atom is -0.382 e. The molecule has 7 nitrogen and oxygen atoms in total. The summed E-state index contributed by atoms with van der Waals surface area (Å²) in [6.07, 6.45) is 2.39. The third-order valence-electron chi connectivity index (χ3n) is 3.89. The van der Waals surface area contributed by atoms with Crippen LogP contribution >= 0.6 is 0 Å². The van der Waals surface area contributed by atoms with Gasteiger partial charge in [0.2, 0.25) is 5.95 Å². The van der Waals surface area contributed by atoms with Gasteiger partial charge in [0.1, 0.15) is 17.5 Å². The molecule has 0 bridgehead atoms. The Morgan fingerprint density at radius 3 is 2.71 bits per heavy atom. The molecule has 1 aliphatic heterocycles. The van der Waals surface area contributed by atoms with Crippen LogP contribution in [0.15, 0.2) is 24.3 Å². The van der Waals surface area contributed by atoms with Crippen molar-refractivity contribution < 1.29 is 9.47 Å².